The maximum atomic E-state index is 11.9. The van der Waals surface area contributed by atoms with E-state index in [1.807, 2.05) is 18.2 Å². The van der Waals surface area contributed by atoms with Crippen LogP contribution in [-0.2, 0) is 0 Å². The molecule has 1 amide bonds. The lowest BCUT2D eigenvalue weighted by atomic mass is 10.0. The van der Waals surface area contributed by atoms with E-state index in [0.29, 0.717) is 23.4 Å². The van der Waals surface area contributed by atoms with Gasteiger partial charge < -0.3 is 15.2 Å². The number of para-hydroxylation sites is 2. The highest BCUT2D eigenvalue weighted by atomic mass is 16.6. The van der Waals surface area contributed by atoms with Gasteiger partial charge in [0.05, 0.1) is 0 Å². The van der Waals surface area contributed by atoms with Crippen molar-refractivity contribution in [3.8, 4) is 22.6 Å². The number of benzene rings is 2. The van der Waals surface area contributed by atoms with Crippen molar-refractivity contribution >= 4 is 6.09 Å². The van der Waals surface area contributed by atoms with E-state index in [1.54, 1.807) is 30.3 Å². The van der Waals surface area contributed by atoms with Gasteiger partial charge in [-0.25, -0.2) is 4.79 Å². The Bertz CT molecular complexity index is 640. The summed E-state index contributed by atoms with van der Waals surface area (Å²) in [6.45, 7) is 2.76. The Kier molecular flexibility index (Phi) is 6.48. The molecule has 2 aromatic carbocycles. The zero-order valence-corrected chi connectivity index (χ0v) is 13.4. The molecule has 4 heteroatoms. The summed E-state index contributed by atoms with van der Waals surface area (Å²) in [6.07, 6.45) is 3.92. The first-order valence-electron chi connectivity index (χ1n) is 8.05. The lowest BCUT2D eigenvalue weighted by Gasteiger charge is -2.12. The summed E-state index contributed by atoms with van der Waals surface area (Å²) in [7, 11) is 0. The number of carbonyl (C=O) groups is 1. The molecular weight excluding hydrogens is 290 g/mol. The van der Waals surface area contributed by atoms with E-state index in [1.165, 1.54) is 12.8 Å². The van der Waals surface area contributed by atoms with E-state index in [0.717, 1.165) is 12.8 Å². The van der Waals surface area contributed by atoms with E-state index in [2.05, 4.69) is 12.2 Å². The fourth-order valence-corrected chi connectivity index (χ4v) is 2.36. The number of nitrogens with one attached hydrogen (secondary N) is 1. The fourth-order valence-electron chi connectivity index (χ4n) is 2.36. The van der Waals surface area contributed by atoms with Gasteiger partial charge in [-0.3, -0.25) is 0 Å². The molecule has 0 spiro atoms. The Morgan fingerprint density at radius 1 is 1.00 bits per heavy atom. The zero-order chi connectivity index (χ0) is 16.5. The van der Waals surface area contributed by atoms with Crippen LogP contribution in [0.5, 0.6) is 11.5 Å². The van der Waals surface area contributed by atoms with Gasteiger partial charge in [-0.15, -0.1) is 0 Å². The number of rotatable bonds is 7. The molecule has 0 bridgehead atoms. The van der Waals surface area contributed by atoms with Crippen molar-refractivity contribution in [3.63, 3.8) is 0 Å². The Morgan fingerprint density at radius 2 is 1.70 bits per heavy atom. The van der Waals surface area contributed by atoms with Crippen LogP contribution in [0.25, 0.3) is 11.1 Å². The fraction of sp³-hybridized carbons (Fsp3) is 0.316. The number of amides is 1. The van der Waals surface area contributed by atoms with E-state index < -0.39 is 6.09 Å². The average Bonchev–Trinajstić information content (AvgIpc) is 2.56. The van der Waals surface area contributed by atoms with Crippen molar-refractivity contribution in [1.29, 1.82) is 0 Å². The van der Waals surface area contributed by atoms with Crippen molar-refractivity contribution in [2.24, 2.45) is 0 Å². The Morgan fingerprint density at radius 3 is 2.43 bits per heavy atom. The van der Waals surface area contributed by atoms with Crippen LogP contribution in [0.4, 0.5) is 4.79 Å². The number of hydrogen-bond donors (Lipinski definition) is 2. The minimum Gasteiger partial charge on any atom is -0.507 e. The molecule has 0 unspecified atom stereocenters. The maximum Gasteiger partial charge on any atom is 0.412 e. The van der Waals surface area contributed by atoms with Crippen LogP contribution >= 0.6 is 0 Å². The molecule has 0 aromatic heterocycles. The first kappa shape index (κ1) is 16.9. The van der Waals surface area contributed by atoms with Crippen LogP contribution < -0.4 is 10.1 Å². The highest BCUT2D eigenvalue weighted by Crippen LogP contribution is 2.35. The molecule has 122 valence electrons. The number of unbranched alkanes of at least 4 members (excludes halogenated alkanes) is 3. The molecule has 0 atom stereocenters. The SMILES string of the molecule is CCCCCCNC(=O)Oc1ccccc1-c1ccccc1O. The van der Waals surface area contributed by atoms with Crippen LogP contribution in [0.15, 0.2) is 48.5 Å². The summed E-state index contributed by atoms with van der Waals surface area (Å²) < 4.78 is 5.40. The lowest BCUT2D eigenvalue weighted by molar-refractivity contribution is 0.200. The summed E-state index contributed by atoms with van der Waals surface area (Å²) in [4.78, 5) is 11.9. The highest BCUT2D eigenvalue weighted by molar-refractivity contribution is 5.79. The van der Waals surface area contributed by atoms with Gasteiger partial charge in [0.1, 0.15) is 11.5 Å². The highest BCUT2D eigenvalue weighted by Gasteiger charge is 2.12. The van der Waals surface area contributed by atoms with E-state index in [-0.39, 0.29) is 5.75 Å². The third-order valence-corrected chi connectivity index (χ3v) is 3.58. The van der Waals surface area contributed by atoms with E-state index >= 15 is 0 Å². The molecule has 0 aliphatic heterocycles. The average molecular weight is 313 g/mol. The second-order valence-electron chi connectivity index (χ2n) is 5.39. The van der Waals surface area contributed by atoms with Crippen molar-refractivity contribution in [3.05, 3.63) is 48.5 Å². The van der Waals surface area contributed by atoms with Crippen LogP contribution in [-0.4, -0.2) is 17.7 Å². The van der Waals surface area contributed by atoms with Crippen LogP contribution in [0.2, 0.25) is 0 Å². The second kappa shape index (κ2) is 8.83. The number of phenolic OH excluding ortho intramolecular Hbond substituents is 1. The van der Waals surface area contributed by atoms with Gasteiger partial charge in [0.2, 0.25) is 0 Å². The molecule has 4 nitrogen and oxygen atoms in total. The molecule has 2 aromatic rings. The normalized spacial score (nSPS) is 10.3. The lowest BCUT2D eigenvalue weighted by Crippen LogP contribution is -2.27. The van der Waals surface area contributed by atoms with Crippen molar-refractivity contribution in [2.45, 2.75) is 32.6 Å². The number of aromatic hydroxyl groups is 1. The summed E-state index contributed by atoms with van der Waals surface area (Å²) in [5.41, 5.74) is 1.32. The predicted molar refractivity (Wildman–Crippen MR) is 91.7 cm³/mol. The van der Waals surface area contributed by atoms with Gasteiger partial charge in [-0.05, 0) is 18.6 Å². The topological polar surface area (TPSA) is 58.6 Å². The summed E-state index contributed by atoms with van der Waals surface area (Å²) in [5, 5.41) is 12.7. The minimum absolute atomic E-state index is 0.156. The minimum atomic E-state index is -0.468. The predicted octanol–water partition coefficient (Wildman–Crippen LogP) is 4.73. The molecule has 0 saturated heterocycles. The summed E-state index contributed by atoms with van der Waals surface area (Å²) in [6, 6.07) is 14.2. The number of ether oxygens (including phenoxy) is 1. The third kappa shape index (κ3) is 5.02. The number of hydrogen-bond acceptors (Lipinski definition) is 3. The first-order valence-corrected chi connectivity index (χ1v) is 8.05. The van der Waals surface area contributed by atoms with Crippen molar-refractivity contribution < 1.29 is 14.6 Å². The smallest absolute Gasteiger partial charge is 0.412 e. The van der Waals surface area contributed by atoms with Gasteiger partial charge in [0.25, 0.3) is 0 Å². The zero-order valence-electron chi connectivity index (χ0n) is 13.4. The standard InChI is InChI=1S/C19H23NO3/c1-2-3-4-9-14-20-19(22)23-18-13-8-6-11-16(18)15-10-5-7-12-17(15)21/h5-8,10-13,21H,2-4,9,14H2,1H3,(H,20,22). The van der Waals surface area contributed by atoms with Gasteiger partial charge in [0.15, 0.2) is 0 Å². The third-order valence-electron chi connectivity index (χ3n) is 3.58. The molecule has 0 fully saturated rings. The van der Waals surface area contributed by atoms with Gasteiger partial charge in [-0.1, -0.05) is 62.6 Å². The van der Waals surface area contributed by atoms with Crippen molar-refractivity contribution in [1.82, 2.24) is 5.32 Å². The molecule has 0 saturated carbocycles. The van der Waals surface area contributed by atoms with Gasteiger partial charge in [0, 0.05) is 17.7 Å². The Balaban J connectivity index is 2.01. The number of phenols is 1. The number of carbonyl (C=O) groups excluding carboxylic acids is 1. The Hall–Kier alpha value is -2.49. The van der Waals surface area contributed by atoms with Crippen LogP contribution in [0.3, 0.4) is 0 Å². The van der Waals surface area contributed by atoms with E-state index in [9.17, 15) is 9.90 Å². The summed E-state index contributed by atoms with van der Waals surface area (Å²) in [5.74, 6) is 0.587. The molecule has 2 N–H and O–H groups in total. The molecule has 0 aliphatic carbocycles. The molecule has 0 radical (unpaired) electrons. The maximum absolute atomic E-state index is 11.9. The van der Waals surface area contributed by atoms with Crippen molar-refractivity contribution in [2.75, 3.05) is 6.54 Å². The quantitative estimate of drug-likeness (QED) is 0.727. The summed E-state index contributed by atoms with van der Waals surface area (Å²) >= 11 is 0. The molecule has 2 rings (SSSR count). The molecule has 0 heterocycles. The van der Waals surface area contributed by atoms with Gasteiger partial charge >= 0.3 is 6.09 Å². The first-order chi connectivity index (χ1) is 11.2. The monoisotopic (exact) mass is 313 g/mol. The molecule has 0 aliphatic rings. The van der Waals surface area contributed by atoms with Crippen LogP contribution in [0.1, 0.15) is 32.6 Å². The van der Waals surface area contributed by atoms with Crippen LogP contribution in [0, 0.1) is 0 Å². The van der Waals surface area contributed by atoms with E-state index in [4.69, 9.17) is 4.74 Å². The molecular formula is C19H23NO3. The Labute approximate surface area is 137 Å². The largest absolute Gasteiger partial charge is 0.507 e. The molecule has 23 heavy (non-hydrogen) atoms. The second-order valence-corrected chi connectivity index (χ2v) is 5.39. The van der Waals surface area contributed by atoms with Gasteiger partial charge in [-0.2, -0.15) is 0 Å².